The molecular formula is C13H19N3O2S. The summed E-state index contributed by atoms with van der Waals surface area (Å²) in [5.41, 5.74) is -0.745. The van der Waals surface area contributed by atoms with Gasteiger partial charge in [-0.1, -0.05) is 13.8 Å². The fourth-order valence-corrected chi connectivity index (χ4v) is 3.03. The van der Waals surface area contributed by atoms with E-state index >= 15 is 0 Å². The highest BCUT2D eigenvalue weighted by molar-refractivity contribution is 7.09. The van der Waals surface area contributed by atoms with E-state index in [4.69, 9.17) is 0 Å². The summed E-state index contributed by atoms with van der Waals surface area (Å²) in [6.07, 6.45) is 3.32. The molecular weight excluding hydrogens is 262 g/mol. The van der Waals surface area contributed by atoms with E-state index in [9.17, 15) is 9.59 Å². The highest BCUT2D eigenvalue weighted by Gasteiger charge is 2.41. The van der Waals surface area contributed by atoms with Gasteiger partial charge in [-0.3, -0.25) is 9.59 Å². The number of rotatable bonds is 4. The Morgan fingerprint density at radius 2 is 2.16 bits per heavy atom. The number of carbonyl (C=O) groups is 2. The van der Waals surface area contributed by atoms with Gasteiger partial charge in [-0.15, -0.1) is 11.3 Å². The van der Waals surface area contributed by atoms with E-state index in [1.165, 1.54) is 11.3 Å². The van der Waals surface area contributed by atoms with Crippen LogP contribution in [0.4, 0.5) is 0 Å². The monoisotopic (exact) mass is 281 g/mol. The minimum absolute atomic E-state index is 0.0125. The summed E-state index contributed by atoms with van der Waals surface area (Å²) < 4.78 is 0. The van der Waals surface area contributed by atoms with Crippen molar-refractivity contribution in [1.82, 2.24) is 15.2 Å². The van der Waals surface area contributed by atoms with Gasteiger partial charge in [0.1, 0.15) is 10.5 Å². The molecule has 0 saturated carbocycles. The lowest BCUT2D eigenvalue weighted by atomic mass is 9.91. The molecule has 2 rings (SSSR count). The third-order valence-electron chi connectivity index (χ3n) is 3.70. The van der Waals surface area contributed by atoms with Gasteiger partial charge in [-0.2, -0.15) is 0 Å². The number of nitrogens with one attached hydrogen (secondary N) is 1. The van der Waals surface area contributed by atoms with Crippen molar-refractivity contribution in [2.45, 2.75) is 45.2 Å². The van der Waals surface area contributed by atoms with Crippen molar-refractivity contribution in [2.75, 3.05) is 6.54 Å². The molecule has 1 aromatic heterocycles. The summed E-state index contributed by atoms with van der Waals surface area (Å²) in [4.78, 5) is 30.5. The third-order valence-corrected chi connectivity index (χ3v) is 4.47. The van der Waals surface area contributed by atoms with Gasteiger partial charge in [0, 0.05) is 24.5 Å². The predicted octanol–water partition coefficient (Wildman–Crippen LogP) is 1.55. The van der Waals surface area contributed by atoms with E-state index in [-0.39, 0.29) is 11.8 Å². The summed E-state index contributed by atoms with van der Waals surface area (Å²) in [6.45, 7) is 4.84. The molecule has 5 nitrogen and oxygen atoms in total. The molecule has 1 fully saturated rings. The van der Waals surface area contributed by atoms with Gasteiger partial charge in [-0.25, -0.2) is 4.98 Å². The van der Waals surface area contributed by atoms with Crippen molar-refractivity contribution in [2.24, 2.45) is 0 Å². The van der Waals surface area contributed by atoms with Crippen molar-refractivity contribution in [3.8, 4) is 0 Å². The van der Waals surface area contributed by atoms with Crippen LogP contribution >= 0.6 is 11.3 Å². The highest BCUT2D eigenvalue weighted by Crippen LogP contribution is 2.23. The van der Waals surface area contributed by atoms with Crippen molar-refractivity contribution >= 4 is 23.2 Å². The van der Waals surface area contributed by atoms with Gasteiger partial charge in [-0.05, 0) is 12.8 Å². The highest BCUT2D eigenvalue weighted by atomic mass is 32.1. The van der Waals surface area contributed by atoms with Crippen LogP contribution in [0.2, 0.25) is 0 Å². The molecule has 0 aromatic carbocycles. The quantitative estimate of drug-likeness (QED) is 0.911. The van der Waals surface area contributed by atoms with Crippen LogP contribution in [0.25, 0.3) is 0 Å². The Balaban J connectivity index is 2.23. The molecule has 104 valence electrons. The van der Waals surface area contributed by atoms with Gasteiger partial charge < -0.3 is 10.2 Å². The molecule has 2 heterocycles. The van der Waals surface area contributed by atoms with E-state index in [0.717, 1.165) is 5.01 Å². The molecule has 1 N–H and O–H groups in total. The lowest BCUT2D eigenvalue weighted by Gasteiger charge is -2.33. The maximum atomic E-state index is 12.7. The number of carbonyl (C=O) groups excluding carboxylic acids is 2. The van der Waals surface area contributed by atoms with E-state index in [1.54, 1.807) is 11.1 Å². The molecule has 1 aliphatic heterocycles. The Labute approximate surface area is 117 Å². The number of nitrogens with zero attached hydrogens (tertiary/aromatic N) is 2. The Kier molecular flexibility index (Phi) is 4.19. The topological polar surface area (TPSA) is 62.3 Å². The van der Waals surface area contributed by atoms with Crippen LogP contribution in [0, 0.1) is 0 Å². The number of amides is 2. The van der Waals surface area contributed by atoms with Crippen molar-refractivity contribution in [3.63, 3.8) is 0 Å². The largest absolute Gasteiger partial charge is 0.342 e. The number of aromatic nitrogens is 1. The van der Waals surface area contributed by atoms with Gasteiger partial charge in [0.15, 0.2) is 0 Å². The first-order chi connectivity index (χ1) is 9.11. The average Bonchev–Trinajstić information content (AvgIpc) is 2.89. The lowest BCUT2D eigenvalue weighted by molar-refractivity contribution is -0.139. The Bertz CT molecular complexity index is 454. The molecule has 6 heteroatoms. The zero-order valence-corrected chi connectivity index (χ0v) is 12.1. The van der Waals surface area contributed by atoms with Gasteiger partial charge in [0.2, 0.25) is 11.8 Å². The minimum Gasteiger partial charge on any atom is -0.342 e. The van der Waals surface area contributed by atoms with Gasteiger partial charge >= 0.3 is 0 Å². The van der Waals surface area contributed by atoms with Crippen LogP contribution in [0.1, 0.15) is 38.1 Å². The van der Waals surface area contributed by atoms with E-state index in [0.29, 0.717) is 32.4 Å². The van der Waals surface area contributed by atoms with E-state index < -0.39 is 5.54 Å². The molecule has 1 aliphatic rings. The Hall–Kier alpha value is -1.43. The smallest absolute Gasteiger partial charge is 0.248 e. The molecule has 0 bridgehead atoms. The second kappa shape index (κ2) is 5.69. The SMILES string of the molecule is CCC1(CC)NC(=O)CCN(Cc2nccs2)C1=O. The van der Waals surface area contributed by atoms with Crippen molar-refractivity contribution < 1.29 is 9.59 Å². The number of thiazole rings is 1. The first kappa shape index (κ1) is 14.0. The zero-order chi connectivity index (χ0) is 13.9. The van der Waals surface area contributed by atoms with Crippen LogP contribution in [0.3, 0.4) is 0 Å². The van der Waals surface area contributed by atoms with Crippen LogP contribution in [-0.2, 0) is 16.1 Å². The molecule has 1 aromatic rings. The second-order valence-corrected chi connectivity index (χ2v) is 5.72. The molecule has 1 saturated heterocycles. The molecule has 0 atom stereocenters. The molecule has 2 amide bonds. The lowest BCUT2D eigenvalue weighted by Crippen LogP contribution is -2.56. The first-order valence-corrected chi connectivity index (χ1v) is 7.48. The zero-order valence-electron chi connectivity index (χ0n) is 11.3. The van der Waals surface area contributed by atoms with Gasteiger partial charge in [0.25, 0.3) is 0 Å². The average molecular weight is 281 g/mol. The Morgan fingerprint density at radius 1 is 1.42 bits per heavy atom. The van der Waals surface area contributed by atoms with Crippen LogP contribution in [0.15, 0.2) is 11.6 Å². The fraction of sp³-hybridized carbons (Fsp3) is 0.615. The molecule has 0 radical (unpaired) electrons. The summed E-state index contributed by atoms with van der Waals surface area (Å²) >= 11 is 1.53. The third kappa shape index (κ3) is 2.78. The standard InChI is InChI=1S/C13H19N3O2S/c1-3-13(4-2)12(18)16(7-5-10(17)15-13)9-11-14-6-8-19-11/h6,8H,3-5,7,9H2,1-2H3,(H,15,17). The number of hydrogen-bond acceptors (Lipinski definition) is 4. The fourth-order valence-electron chi connectivity index (χ4n) is 2.40. The van der Waals surface area contributed by atoms with Crippen molar-refractivity contribution in [3.05, 3.63) is 16.6 Å². The van der Waals surface area contributed by atoms with Crippen LogP contribution in [0.5, 0.6) is 0 Å². The molecule has 0 spiro atoms. The molecule has 19 heavy (non-hydrogen) atoms. The summed E-state index contributed by atoms with van der Waals surface area (Å²) in [5, 5.41) is 5.71. The Morgan fingerprint density at radius 3 is 2.74 bits per heavy atom. The normalized spacial score (nSPS) is 19.2. The summed E-state index contributed by atoms with van der Waals surface area (Å²) in [6, 6.07) is 0. The number of hydrogen-bond donors (Lipinski definition) is 1. The van der Waals surface area contributed by atoms with Crippen LogP contribution in [-0.4, -0.2) is 33.8 Å². The van der Waals surface area contributed by atoms with E-state index in [2.05, 4.69) is 10.3 Å². The predicted molar refractivity (Wildman–Crippen MR) is 73.6 cm³/mol. The second-order valence-electron chi connectivity index (χ2n) is 4.74. The minimum atomic E-state index is -0.745. The first-order valence-electron chi connectivity index (χ1n) is 6.60. The summed E-state index contributed by atoms with van der Waals surface area (Å²) in [5.74, 6) is -0.0303. The maximum Gasteiger partial charge on any atom is 0.248 e. The molecule has 0 unspecified atom stereocenters. The van der Waals surface area contributed by atoms with Gasteiger partial charge in [0.05, 0.1) is 6.54 Å². The van der Waals surface area contributed by atoms with Crippen LogP contribution < -0.4 is 5.32 Å². The van der Waals surface area contributed by atoms with E-state index in [1.807, 2.05) is 19.2 Å². The maximum absolute atomic E-state index is 12.7. The van der Waals surface area contributed by atoms with Crippen molar-refractivity contribution in [1.29, 1.82) is 0 Å². The summed E-state index contributed by atoms with van der Waals surface area (Å²) in [7, 11) is 0. The molecule has 0 aliphatic carbocycles.